The Balaban J connectivity index is 1.72. The van der Waals surface area contributed by atoms with Crippen LogP contribution in [0.25, 0.3) is 0 Å². The number of carbonyl (C=O) groups excluding carboxylic acids is 1. The van der Waals surface area contributed by atoms with Gasteiger partial charge in [-0.3, -0.25) is 9.32 Å². The predicted molar refractivity (Wildman–Crippen MR) is 134 cm³/mol. The Bertz CT molecular complexity index is 830. The molecule has 1 saturated carbocycles. The fourth-order valence-corrected chi connectivity index (χ4v) is 6.59. The summed E-state index contributed by atoms with van der Waals surface area (Å²) in [6.07, 6.45) is 9.01. The predicted octanol–water partition coefficient (Wildman–Crippen LogP) is 4.50. The third-order valence-corrected chi connectivity index (χ3v) is 8.79. The molecule has 2 radical (unpaired) electrons. The summed E-state index contributed by atoms with van der Waals surface area (Å²) in [5.41, 5.74) is -0.560. The number of esters is 1. The molecule has 0 aromatic heterocycles. The van der Waals surface area contributed by atoms with E-state index in [4.69, 9.17) is 26.4 Å². The number of aliphatic hydroxyl groups is 1. The maximum Gasteiger partial charge on any atom is 0.459 e. The minimum atomic E-state index is -4.03. The number of carbonyl (C=O) groups is 1. The summed E-state index contributed by atoms with van der Waals surface area (Å²) in [6, 6.07) is 6.95. The number of benzene rings is 1. The van der Waals surface area contributed by atoms with Crippen molar-refractivity contribution in [1.82, 2.24) is 5.09 Å². The second-order valence-electron chi connectivity index (χ2n) is 9.67. The minimum Gasteiger partial charge on any atom is -0.468 e. The van der Waals surface area contributed by atoms with Crippen LogP contribution in [0, 0.1) is 5.41 Å². The fourth-order valence-electron chi connectivity index (χ4n) is 5.09. The van der Waals surface area contributed by atoms with Crippen LogP contribution < -0.4 is 9.61 Å². The van der Waals surface area contributed by atoms with Gasteiger partial charge in [0, 0.05) is 11.4 Å². The molecule has 1 heterocycles. The van der Waals surface area contributed by atoms with E-state index in [-0.39, 0.29) is 6.61 Å². The van der Waals surface area contributed by atoms with Crippen molar-refractivity contribution >= 4 is 21.6 Å². The Morgan fingerprint density at radius 1 is 1.14 bits per heavy atom. The summed E-state index contributed by atoms with van der Waals surface area (Å²) in [6.45, 7) is 1.30. The first-order chi connectivity index (χ1) is 16.8. The van der Waals surface area contributed by atoms with E-state index < -0.39 is 43.4 Å². The molecule has 1 spiro atoms. The smallest absolute Gasteiger partial charge is 0.459 e. The molecular weight excluding hydrogens is 468 g/mol. The average molecular weight is 507 g/mol. The number of para-hydroxylation sites is 1. The van der Waals surface area contributed by atoms with Crippen LogP contribution in [0.2, 0.25) is 0 Å². The monoisotopic (exact) mass is 507 g/mol. The van der Waals surface area contributed by atoms with Gasteiger partial charge >= 0.3 is 13.7 Å². The third-order valence-electron chi connectivity index (χ3n) is 7.15. The molecular formula is C25H39BNO7P. The van der Waals surface area contributed by atoms with Crippen molar-refractivity contribution in [2.45, 2.75) is 95.4 Å². The standard InChI is InChI=1S/C25H39BNO7P/c1-19(23(29)31-2)27-35(30,34-20-14-10-9-11-15-20)32-18-21-22(28)25(24(26)33-21)16-12-7-5-3-4-6-8-13-17-25/h9-11,14-15,19,21-22,24,28H,3-8,12-13,16-18H2,1-2H3,(H,27,30)/t19-,21?,22?,24?,35?/m0/s1. The zero-order valence-electron chi connectivity index (χ0n) is 20.9. The van der Waals surface area contributed by atoms with E-state index in [1.165, 1.54) is 39.7 Å². The van der Waals surface area contributed by atoms with Crippen LogP contribution in [0.1, 0.15) is 71.1 Å². The normalized spacial score (nSPS) is 27.9. The van der Waals surface area contributed by atoms with Crippen LogP contribution in [-0.4, -0.2) is 56.9 Å². The number of aliphatic hydroxyl groups excluding tert-OH is 1. The first-order valence-electron chi connectivity index (χ1n) is 12.7. The van der Waals surface area contributed by atoms with Gasteiger partial charge in [0.15, 0.2) is 0 Å². The maximum atomic E-state index is 13.6. The largest absolute Gasteiger partial charge is 0.468 e. The molecule has 0 amide bonds. The van der Waals surface area contributed by atoms with E-state index in [0.717, 1.165) is 38.5 Å². The Morgan fingerprint density at radius 3 is 2.29 bits per heavy atom. The van der Waals surface area contributed by atoms with Gasteiger partial charge in [-0.25, -0.2) is 4.57 Å². The Kier molecular flexibility index (Phi) is 10.7. The molecule has 194 valence electrons. The molecule has 35 heavy (non-hydrogen) atoms. The molecule has 0 bridgehead atoms. The zero-order valence-corrected chi connectivity index (χ0v) is 21.8. The highest BCUT2D eigenvalue weighted by Crippen LogP contribution is 2.49. The lowest BCUT2D eigenvalue weighted by Gasteiger charge is -2.36. The van der Waals surface area contributed by atoms with Gasteiger partial charge in [0.2, 0.25) is 0 Å². The zero-order chi connectivity index (χ0) is 25.3. The van der Waals surface area contributed by atoms with E-state index in [1.54, 1.807) is 30.3 Å². The van der Waals surface area contributed by atoms with Gasteiger partial charge in [-0.05, 0) is 31.9 Å². The highest BCUT2D eigenvalue weighted by Gasteiger charge is 2.53. The Hall–Kier alpha value is -1.38. The lowest BCUT2D eigenvalue weighted by atomic mass is 9.64. The molecule has 8 nitrogen and oxygen atoms in total. The Labute approximate surface area is 210 Å². The van der Waals surface area contributed by atoms with E-state index in [9.17, 15) is 14.5 Å². The van der Waals surface area contributed by atoms with E-state index >= 15 is 0 Å². The first-order valence-corrected chi connectivity index (χ1v) is 14.3. The molecule has 10 heteroatoms. The molecule has 1 saturated heterocycles. The van der Waals surface area contributed by atoms with Crippen molar-refractivity contribution in [2.75, 3.05) is 13.7 Å². The van der Waals surface area contributed by atoms with Crippen LogP contribution in [0.5, 0.6) is 5.75 Å². The van der Waals surface area contributed by atoms with E-state index in [2.05, 4.69) is 5.09 Å². The second-order valence-corrected chi connectivity index (χ2v) is 11.4. The summed E-state index contributed by atoms with van der Waals surface area (Å²) < 4.78 is 35.7. The van der Waals surface area contributed by atoms with E-state index in [0.29, 0.717) is 5.75 Å². The molecule has 1 aromatic rings. The molecule has 1 aromatic carbocycles. The Morgan fingerprint density at radius 2 is 1.71 bits per heavy atom. The molecule has 1 aliphatic heterocycles. The SMILES string of the molecule is [B]C1OC(COP(=O)(N[C@@H](C)C(=O)OC)Oc2ccccc2)C(O)C12CCCCCCCCCC2. The van der Waals surface area contributed by atoms with Crippen molar-refractivity contribution in [1.29, 1.82) is 0 Å². The fraction of sp³-hybridized carbons (Fsp3) is 0.720. The van der Waals surface area contributed by atoms with Crippen LogP contribution in [0.3, 0.4) is 0 Å². The van der Waals surface area contributed by atoms with Gasteiger partial charge in [0.05, 0.1) is 19.8 Å². The summed E-state index contributed by atoms with van der Waals surface area (Å²) >= 11 is 0. The van der Waals surface area contributed by atoms with Crippen LogP contribution in [0.4, 0.5) is 0 Å². The van der Waals surface area contributed by atoms with Crippen molar-refractivity contribution in [3.05, 3.63) is 30.3 Å². The maximum absolute atomic E-state index is 13.6. The molecule has 5 atom stereocenters. The number of hydrogen-bond donors (Lipinski definition) is 2. The highest BCUT2D eigenvalue weighted by atomic mass is 31.2. The van der Waals surface area contributed by atoms with Crippen LogP contribution in [-0.2, 0) is 23.4 Å². The van der Waals surface area contributed by atoms with Gasteiger partial charge in [-0.15, -0.1) is 0 Å². The summed E-state index contributed by atoms with van der Waals surface area (Å²) in [5.74, 6) is -0.300. The average Bonchev–Trinajstić information content (AvgIpc) is 3.05. The van der Waals surface area contributed by atoms with Crippen LogP contribution >= 0.6 is 7.75 Å². The van der Waals surface area contributed by atoms with Crippen molar-refractivity contribution in [3.8, 4) is 5.75 Å². The number of rotatable bonds is 8. The van der Waals surface area contributed by atoms with Crippen molar-refractivity contribution < 1.29 is 33.0 Å². The second kappa shape index (κ2) is 13.2. The minimum absolute atomic E-state index is 0.207. The van der Waals surface area contributed by atoms with Gasteiger partial charge in [0.25, 0.3) is 0 Å². The topological polar surface area (TPSA) is 103 Å². The summed E-state index contributed by atoms with van der Waals surface area (Å²) in [5, 5.41) is 14.0. The van der Waals surface area contributed by atoms with Crippen molar-refractivity contribution in [2.24, 2.45) is 5.41 Å². The van der Waals surface area contributed by atoms with Crippen LogP contribution in [0.15, 0.2) is 30.3 Å². The number of methoxy groups -OCH3 is 1. The lowest BCUT2D eigenvalue weighted by molar-refractivity contribution is -0.142. The van der Waals surface area contributed by atoms with Gasteiger partial charge in [-0.1, -0.05) is 69.6 Å². The molecule has 4 unspecified atom stereocenters. The third kappa shape index (κ3) is 7.56. The molecule has 2 aliphatic rings. The van der Waals surface area contributed by atoms with Gasteiger partial charge < -0.3 is 19.1 Å². The van der Waals surface area contributed by atoms with Crippen molar-refractivity contribution in [3.63, 3.8) is 0 Å². The molecule has 2 N–H and O–H groups in total. The number of nitrogens with one attached hydrogen (secondary N) is 1. The van der Waals surface area contributed by atoms with Gasteiger partial charge in [-0.2, -0.15) is 5.09 Å². The number of ether oxygens (including phenoxy) is 2. The van der Waals surface area contributed by atoms with E-state index in [1.807, 2.05) is 0 Å². The molecule has 2 fully saturated rings. The molecule has 3 rings (SSSR count). The number of hydrogen-bond acceptors (Lipinski definition) is 7. The molecule has 1 aliphatic carbocycles. The summed E-state index contributed by atoms with van der Waals surface area (Å²) in [7, 11) is 3.67. The van der Waals surface area contributed by atoms with Gasteiger partial charge in [0.1, 0.15) is 25.7 Å². The first kappa shape index (κ1) is 28.2. The lowest BCUT2D eigenvalue weighted by Crippen LogP contribution is -2.42. The highest BCUT2D eigenvalue weighted by molar-refractivity contribution is 7.52. The summed E-state index contributed by atoms with van der Waals surface area (Å²) in [4.78, 5) is 11.9. The quantitative estimate of drug-likeness (QED) is 0.301.